The number of carboxylic acid groups (broad SMARTS) is 1. The fourth-order valence-corrected chi connectivity index (χ4v) is 7.54. The van der Waals surface area contributed by atoms with Gasteiger partial charge < -0.3 is 19.3 Å². The number of aromatic amines is 1. The van der Waals surface area contributed by atoms with Crippen molar-refractivity contribution in [3.63, 3.8) is 0 Å². The number of pyridine rings is 1. The van der Waals surface area contributed by atoms with Crippen LogP contribution in [0.1, 0.15) is 64.9 Å². The van der Waals surface area contributed by atoms with Crippen LogP contribution in [0, 0.1) is 13.8 Å². The first-order valence-corrected chi connectivity index (χ1v) is 16.3. The van der Waals surface area contributed by atoms with Gasteiger partial charge in [-0.25, -0.2) is 14.8 Å². The first kappa shape index (κ1) is 29.3. The molecule has 1 amide bonds. The van der Waals surface area contributed by atoms with Crippen molar-refractivity contribution < 1.29 is 19.4 Å². The van der Waals surface area contributed by atoms with Crippen LogP contribution >= 0.6 is 11.3 Å². The molecular formula is C33H35N7O4S. The molecular weight excluding hydrogens is 590 g/mol. The molecule has 45 heavy (non-hydrogen) atoms. The highest BCUT2D eigenvalue weighted by Gasteiger charge is 2.29. The number of rotatable bonds is 7. The third-order valence-corrected chi connectivity index (χ3v) is 9.94. The first-order valence-electron chi connectivity index (χ1n) is 15.5. The van der Waals surface area contributed by atoms with Gasteiger partial charge in [0.1, 0.15) is 6.54 Å². The van der Waals surface area contributed by atoms with Gasteiger partial charge in [0.05, 0.1) is 51.4 Å². The molecule has 11 nitrogen and oxygen atoms in total. The molecule has 1 aromatic carbocycles. The number of benzene rings is 1. The highest BCUT2D eigenvalue weighted by Crippen LogP contribution is 2.43. The van der Waals surface area contributed by atoms with Gasteiger partial charge in [-0.05, 0) is 68.0 Å². The van der Waals surface area contributed by atoms with Gasteiger partial charge in [0.25, 0.3) is 0 Å². The molecule has 0 radical (unpaired) electrons. The summed E-state index contributed by atoms with van der Waals surface area (Å²) < 4.78 is 7.48. The van der Waals surface area contributed by atoms with E-state index < -0.39 is 5.97 Å². The van der Waals surface area contributed by atoms with Gasteiger partial charge in [-0.15, -0.1) is 11.3 Å². The molecule has 232 valence electrons. The fourth-order valence-electron chi connectivity index (χ4n) is 6.65. The number of aromatic nitrogens is 6. The second kappa shape index (κ2) is 12.2. The Morgan fingerprint density at radius 3 is 2.53 bits per heavy atom. The molecule has 12 heteroatoms. The van der Waals surface area contributed by atoms with Crippen molar-refractivity contribution in [3.05, 3.63) is 58.5 Å². The maximum atomic E-state index is 13.7. The number of carbonyl (C=O) groups is 2. The average molecular weight is 626 g/mol. The number of aryl methyl sites for hydroxylation is 2. The molecule has 1 aliphatic heterocycles. The van der Waals surface area contributed by atoms with Crippen LogP contribution in [0.2, 0.25) is 0 Å². The summed E-state index contributed by atoms with van der Waals surface area (Å²) in [7, 11) is 0. The smallest absolute Gasteiger partial charge is 0.373 e. The van der Waals surface area contributed by atoms with Crippen molar-refractivity contribution in [1.29, 1.82) is 0 Å². The highest BCUT2D eigenvalue weighted by atomic mass is 32.1. The van der Waals surface area contributed by atoms with Crippen molar-refractivity contribution in [1.82, 2.24) is 34.6 Å². The zero-order valence-electron chi connectivity index (χ0n) is 25.4. The Hall–Kier alpha value is -4.42. The molecule has 0 bridgehead atoms. The van der Waals surface area contributed by atoms with Crippen LogP contribution in [0.5, 0.6) is 0 Å². The molecule has 7 rings (SSSR count). The minimum atomic E-state index is -1.19. The summed E-state index contributed by atoms with van der Waals surface area (Å²) in [5.74, 6) is -0.888. The summed E-state index contributed by atoms with van der Waals surface area (Å²) in [6.07, 6.45) is 5.59. The summed E-state index contributed by atoms with van der Waals surface area (Å²) in [4.78, 5) is 42.2. The Bertz CT molecular complexity index is 1900. The van der Waals surface area contributed by atoms with Crippen molar-refractivity contribution in [2.24, 2.45) is 0 Å². The van der Waals surface area contributed by atoms with Gasteiger partial charge in [0.2, 0.25) is 11.7 Å². The Balaban J connectivity index is 1.38. The average Bonchev–Trinajstić information content (AvgIpc) is 3.78. The van der Waals surface area contributed by atoms with Crippen molar-refractivity contribution in [2.75, 3.05) is 26.3 Å². The van der Waals surface area contributed by atoms with Gasteiger partial charge in [0, 0.05) is 18.5 Å². The number of morpholine rings is 1. The fraction of sp³-hybridized carbons (Fsp3) is 0.394. The summed E-state index contributed by atoms with van der Waals surface area (Å²) in [6.45, 7) is 6.18. The minimum absolute atomic E-state index is 0.0251. The van der Waals surface area contributed by atoms with Gasteiger partial charge in [-0.3, -0.25) is 9.89 Å². The molecule has 2 aliphatic rings. The summed E-state index contributed by atoms with van der Waals surface area (Å²) >= 11 is 1.65. The number of amides is 1. The first-order chi connectivity index (χ1) is 21.9. The molecule has 2 fully saturated rings. The molecule has 0 unspecified atom stereocenters. The number of hydrogen-bond donors (Lipinski definition) is 2. The topological polar surface area (TPSA) is 139 Å². The number of carbonyl (C=O) groups excluding carboxylic acids is 1. The molecule has 5 aromatic rings. The van der Waals surface area contributed by atoms with E-state index in [0.717, 1.165) is 74.7 Å². The second-order valence-electron chi connectivity index (χ2n) is 11.8. The van der Waals surface area contributed by atoms with Crippen LogP contribution in [-0.2, 0) is 16.1 Å². The van der Waals surface area contributed by atoms with E-state index >= 15 is 0 Å². The predicted octanol–water partition coefficient (Wildman–Crippen LogP) is 5.83. The van der Waals surface area contributed by atoms with E-state index in [1.54, 1.807) is 11.3 Å². The van der Waals surface area contributed by atoms with E-state index in [2.05, 4.69) is 44.4 Å². The lowest BCUT2D eigenvalue weighted by molar-refractivity contribution is -0.135. The number of aromatic carboxylic acids is 1. The molecule has 1 saturated carbocycles. The second-order valence-corrected chi connectivity index (χ2v) is 13.0. The number of hydrogen-bond acceptors (Lipinski definition) is 8. The largest absolute Gasteiger partial charge is 0.475 e. The van der Waals surface area contributed by atoms with E-state index in [9.17, 15) is 14.7 Å². The standard InChI is InChI=1S/C33H35N7O4S/c1-19-30(45-20(2)34-19)26-11-8-22-16-23(9-10-25(22)35-26)29-24(21-6-4-3-5-7-21)17-27(31-36-32(33(42)43)38-37-31)40(29)18-28(41)39-12-14-44-15-13-39/h8-11,16-17,21H,3-7,12-15,18H2,1-2H3,(H,42,43)(H,36,37,38). The van der Waals surface area contributed by atoms with E-state index in [1.165, 1.54) is 6.42 Å². The van der Waals surface area contributed by atoms with Crippen LogP contribution in [-0.4, -0.2) is 77.9 Å². The summed E-state index contributed by atoms with van der Waals surface area (Å²) in [5, 5.41) is 18.4. The quantitative estimate of drug-likeness (QED) is 0.230. The van der Waals surface area contributed by atoms with Crippen LogP contribution in [0.15, 0.2) is 36.4 Å². The molecule has 5 heterocycles. The van der Waals surface area contributed by atoms with E-state index in [0.29, 0.717) is 37.9 Å². The number of nitrogens with one attached hydrogen (secondary N) is 1. The number of thiazole rings is 1. The molecule has 4 aromatic heterocycles. The molecule has 0 spiro atoms. The van der Waals surface area contributed by atoms with E-state index in [1.807, 2.05) is 35.4 Å². The maximum Gasteiger partial charge on any atom is 0.373 e. The van der Waals surface area contributed by atoms with E-state index in [4.69, 9.17) is 9.72 Å². The van der Waals surface area contributed by atoms with Gasteiger partial charge in [-0.1, -0.05) is 31.4 Å². The lowest BCUT2D eigenvalue weighted by atomic mass is 9.83. The van der Waals surface area contributed by atoms with Crippen molar-refractivity contribution >= 4 is 34.1 Å². The molecule has 1 saturated heterocycles. The summed E-state index contributed by atoms with van der Waals surface area (Å²) in [5.41, 5.74) is 6.44. The third-order valence-electron chi connectivity index (χ3n) is 8.84. The van der Waals surface area contributed by atoms with Gasteiger partial charge in [-0.2, -0.15) is 10.1 Å². The number of H-pyrrole nitrogens is 1. The maximum absolute atomic E-state index is 13.7. The van der Waals surface area contributed by atoms with Crippen molar-refractivity contribution in [2.45, 2.75) is 58.4 Å². The Morgan fingerprint density at radius 2 is 1.82 bits per heavy atom. The monoisotopic (exact) mass is 625 g/mol. The van der Waals surface area contributed by atoms with Crippen LogP contribution in [0.25, 0.3) is 44.2 Å². The molecule has 2 N–H and O–H groups in total. The zero-order chi connectivity index (χ0) is 31.1. The predicted molar refractivity (Wildman–Crippen MR) is 171 cm³/mol. The number of ether oxygens (including phenoxy) is 1. The van der Waals surface area contributed by atoms with Gasteiger partial charge >= 0.3 is 5.97 Å². The van der Waals surface area contributed by atoms with Gasteiger partial charge in [0.15, 0.2) is 5.82 Å². The van der Waals surface area contributed by atoms with Crippen molar-refractivity contribution in [3.8, 4) is 33.3 Å². The summed E-state index contributed by atoms with van der Waals surface area (Å²) in [6, 6.07) is 12.5. The minimum Gasteiger partial charge on any atom is -0.475 e. The van der Waals surface area contributed by atoms with Crippen LogP contribution < -0.4 is 0 Å². The Kier molecular flexibility index (Phi) is 7.92. The normalized spacial score (nSPS) is 16.0. The van der Waals surface area contributed by atoms with E-state index in [-0.39, 0.29) is 24.1 Å². The zero-order valence-corrected chi connectivity index (χ0v) is 26.2. The van der Waals surface area contributed by atoms with Crippen LogP contribution in [0.3, 0.4) is 0 Å². The lowest BCUT2D eigenvalue weighted by Gasteiger charge is -2.28. The number of fused-ring (bicyclic) bond motifs is 1. The highest BCUT2D eigenvalue weighted by molar-refractivity contribution is 7.15. The van der Waals surface area contributed by atoms with Crippen LogP contribution in [0.4, 0.5) is 0 Å². The molecule has 1 aliphatic carbocycles. The lowest BCUT2D eigenvalue weighted by Crippen LogP contribution is -2.42. The molecule has 0 atom stereocenters. The third kappa shape index (κ3) is 5.75. The Morgan fingerprint density at radius 1 is 1.02 bits per heavy atom. The number of nitrogens with zero attached hydrogens (tertiary/aromatic N) is 6. The SMILES string of the molecule is Cc1nc(C)c(-c2ccc3cc(-c4c(C5CCCCC5)cc(-c5n[nH]c(C(=O)O)n5)n4CC(=O)N4CCOCC4)ccc3n2)s1. The number of carboxylic acids is 1. The Labute approximate surface area is 264 Å².